The molecule has 1 aromatic heterocycles. The van der Waals surface area contributed by atoms with Crippen molar-refractivity contribution in [2.75, 3.05) is 5.32 Å². The van der Waals surface area contributed by atoms with Crippen LogP contribution < -0.4 is 20.9 Å². The topological polar surface area (TPSA) is 79.1 Å². The molecule has 2 atom stereocenters. The molecule has 0 amide bonds. The van der Waals surface area contributed by atoms with E-state index in [1.807, 2.05) is 29.6 Å². The molecule has 6 nitrogen and oxygen atoms in total. The lowest BCUT2D eigenvalue weighted by molar-refractivity contribution is -0.657. The quantitative estimate of drug-likeness (QED) is 0.355. The van der Waals surface area contributed by atoms with Crippen LogP contribution >= 0.6 is 0 Å². The molecule has 0 spiro atoms. The number of aliphatic hydroxyl groups excluding tert-OH is 1. The second-order valence-electron chi connectivity index (χ2n) is 3.26. The molecule has 2 unspecified atom stereocenters. The van der Waals surface area contributed by atoms with Crippen LogP contribution in [0.5, 0.6) is 0 Å². The number of hydrogen-bond acceptors (Lipinski definition) is 4. The van der Waals surface area contributed by atoms with E-state index < -0.39 is 12.5 Å². The Hall–Kier alpha value is -1.11. The van der Waals surface area contributed by atoms with E-state index in [9.17, 15) is 5.11 Å². The summed E-state index contributed by atoms with van der Waals surface area (Å²) in [7, 11) is 3.78. The van der Waals surface area contributed by atoms with Crippen molar-refractivity contribution in [3.8, 4) is 0 Å². The molecule has 0 saturated carbocycles. The van der Waals surface area contributed by atoms with Crippen molar-refractivity contribution < 1.29 is 9.67 Å². The minimum Gasteiger partial charge on any atom is -0.371 e. The summed E-state index contributed by atoms with van der Waals surface area (Å²) >= 11 is 0. The van der Waals surface area contributed by atoms with Gasteiger partial charge in [-0.1, -0.05) is 0 Å². The van der Waals surface area contributed by atoms with E-state index in [-0.39, 0.29) is 0 Å². The van der Waals surface area contributed by atoms with E-state index in [1.54, 1.807) is 0 Å². The third-order valence-corrected chi connectivity index (χ3v) is 2.21. The zero-order valence-electron chi connectivity index (χ0n) is 7.65. The fourth-order valence-corrected chi connectivity index (χ4v) is 1.66. The predicted molar refractivity (Wildman–Crippen MR) is 46.3 cm³/mol. The van der Waals surface area contributed by atoms with Crippen molar-refractivity contribution >= 4 is 5.82 Å². The van der Waals surface area contributed by atoms with Crippen LogP contribution in [0.4, 0.5) is 5.82 Å². The van der Waals surface area contributed by atoms with Crippen molar-refractivity contribution in [2.45, 2.75) is 12.5 Å². The number of aromatic nitrogens is 2. The molecule has 0 radical (unpaired) electrons. The smallest absolute Gasteiger partial charge is 0.263 e. The number of imidazole rings is 1. The largest absolute Gasteiger partial charge is 0.371 e. The van der Waals surface area contributed by atoms with Gasteiger partial charge < -0.3 is 5.11 Å². The number of nitrogens with one attached hydrogen (secondary N) is 2. The van der Waals surface area contributed by atoms with Crippen LogP contribution in [0.15, 0.2) is 6.33 Å². The molecule has 0 aliphatic carbocycles. The maximum absolute atomic E-state index is 9.66. The number of fused-ring (bicyclic) bond motifs is 1. The average Bonchev–Trinajstić information content (AvgIpc) is 2.27. The first-order chi connectivity index (χ1) is 6.09. The van der Waals surface area contributed by atoms with Crippen molar-refractivity contribution in [3.63, 3.8) is 0 Å². The lowest BCUT2D eigenvalue weighted by Crippen LogP contribution is -2.52. The van der Waals surface area contributed by atoms with Gasteiger partial charge in [0, 0.05) is 0 Å². The molecule has 1 aromatic rings. The van der Waals surface area contributed by atoms with Crippen molar-refractivity contribution in [1.82, 2.24) is 9.88 Å². The molecule has 13 heavy (non-hydrogen) atoms. The fraction of sp³-hybridized carbons (Fsp3) is 0.571. The van der Waals surface area contributed by atoms with Gasteiger partial charge in [0.1, 0.15) is 0 Å². The SMILES string of the molecule is Cn1c[n+](C)c2c1C(O)NC(N)N2. The van der Waals surface area contributed by atoms with E-state index in [2.05, 4.69) is 10.6 Å². The Kier molecular flexibility index (Phi) is 1.76. The minimum absolute atomic E-state index is 0.406. The Morgan fingerprint density at radius 3 is 3.08 bits per heavy atom. The minimum atomic E-state index is -0.711. The molecule has 0 fully saturated rings. The number of aliphatic hydroxyl groups is 1. The number of nitrogens with two attached hydrogens (primary N) is 1. The van der Waals surface area contributed by atoms with Gasteiger partial charge in [-0.3, -0.25) is 15.6 Å². The Bertz CT molecular complexity index is 334. The number of hydrogen-bond donors (Lipinski definition) is 4. The van der Waals surface area contributed by atoms with Crippen LogP contribution in [-0.4, -0.2) is 16.0 Å². The summed E-state index contributed by atoms with van der Waals surface area (Å²) < 4.78 is 3.74. The molecule has 2 heterocycles. The first-order valence-corrected chi connectivity index (χ1v) is 4.10. The van der Waals surface area contributed by atoms with Gasteiger partial charge in [-0.25, -0.2) is 9.88 Å². The molecule has 0 bridgehead atoms. The summed E-state index contributed by atoms with van der Waals surface area (Å²) in [4.78, 5) is 0. The highest BCUT2D eigenvalue weighted by Gasteiger charge is 2.32. The highest BCUT2D eigenvalue weighted by molar-refractivity contribution is 5.40. The van der Waals surface area contributed by atoms with Crippen LogP contribution in [-0.2, 0) is 14.1 Å². The van der Waals surface area contributed by atoms with Crippen molar-refractivity contribution in [3.05, 3.63) is 12.0 Å². The molecule has 72 valence electrons. The number of aryl methyl sites for hydroxylation is 2. The Balaban J connectivity index is 2.51. The second kappa shape index (κ2) is 2.69. The lowest BCUT2D eigenvalue weighted by atomic mass is 10.3. The standard InChI is InChI=1S/C7H14N5O/c1-11-3-12(2)5-4(11)6(13)10-7(8)9-5/h3,6-7,9-10,13H,8H2,1-2H3/q+1. The van der Waals surface area contributed by atoms with Gasteiger partial charge in [0.25, 0.3) is 5.82 Å². The molecular weight excluding hydrogens is 170 g/mol. The summed E-state index contributed by atoms with van der Waals surface area (Å²) in [5.74, 6) is 0.848. The van der Waals surface area contributed by atoms with Crippen LogP contribution in [0, 0.1) is 0 Å². The van der Waals surface area contributed by atoms with Crippen LogP contribution in [0.3, 0.4) is 0 Å². The highest BCUT2D eigenvalue weighted by Crippen LogP contribution is 2.21. The Morgan fingerprint density at radius 1 is 1.69 bits per heavy atom. The summed E-state index contributed by atoms with van der Waals surface area (Å²) in [5, 5.41) is 15.5. The summed E-state index contributed by atoms with van der Waals surface area (Å²) in [5.41, 5.74) is 6.41. The highest BCUT2D eigenvalue weighted by atomic mass is 16.3. The first kappa shape index (κ1) is 8.49. The Morgan fingerprint density at radius 2 is 2.38 bits per heavy atom. The van der Waals surface area contributed by atoms with E-state index in [1.165, 1.54) is 0 Å². The van der Waals surface area contributed by atoms with Gasteiger partial charge in [0.2, 0.25) is 0 Å². The normalized spacial score (nSPS) is 26.8. The lowest BCUT2D eigenvalue weighted by Gasteiger charge is -2.22. The number of nitrogens with zero attached hydrogens (tertiary/aromatic N) is 2. The van der Waals surface area contributed by atoms with Gasteiger partial charge in [0.05, 0.1) is 14.1 Å². The summed E-state index contributed by atoms with van der Waals surface area (Å²) in [6.07, 6.45) is 0.759. The maximum Gasteiger partial charge on any atom is 0.263 e. The van der Waals surface area contributed by atoms with E-state index in [0.29, 0.717) is 0 Å². The van der Waals surface area contributed by atoms with Gasteiger partial charge in [-0.05, 0) is 0 Å². The molecule has 0 saturated heterocycles. The van der Waals surface area contributed by atoms with E-state index in [0.717, 1.165) is 11.5 Å². The molecule has 2 rings (SSSR count). The molecule has 1 aliphatic rings. The van der Waals surface area contributed by atoms with E-state index in [4.69, 9.17) is 5.73 Å². The summed E-state index contributed by atoms with van der Waals surface area (Å²) in [6.45, 7) is 0. The number of anilines is 1. The summed E-state index contributed by atoms with van der Waals surface area (Å²) in [6, 6.07) is 0. The zero-order valence-corrected chi connectivity index (χ0v) is 7.65. The van der Waals surface area contributed by atoms with Gasteiger partial charge in [-0.2, -0.15) is 0 Å². The third kappa shape index (κ3) is 1.19. The van der Waals surface area contributed by atoms with Crippen molar-refractivity contribution in [1.29, 1.82) is 0 Å². The van der Waals surface area contributed by atoms with E-state index >= 15 is 0 Å². The second-order valence-corrected chi connectivity index (χ2v) is 3.26. The van der Waals surface area contributed by atoms with Crippen LogP contribution in [0.25, 0.3) is 0 Å². The first-order valence-electron chi connectivity index (χ1n) is 4.10. The van der Waals surface area contributed by atoms with Crippen LogP contribution in [0.2, 0.25) is 0 Å². The number of rotatable bonds is 0. The molecular formula is C7H14N5O+. The third-order valence-electron chi connectivity index (χ3n) is 2.21. The molecule has 6 heteroatoms. The molecule has 1 aliphatic heterocycles. The van der Waals surface area contributed by atoms with Crippen molar-refractivity contribution in [2.24, 2.45) is 19.8 Å². The molecule has 5 N–H and O–H groups in total. The zero-order chi connectivity index (χ0) is 9.59. The van der Waals surface area contributed by atoms with Gasteiger partial charge in [0.15, 0.2) is 24.5 Å². The van der Waals surface area contributed by atoms with Crippen LogP contribution in [0.1, 0.15) is 11.9 Å². The van der Waals surface area contributed by atoms with Gasteiger partial charge in [-0.15, -0.1) is 0 Å². The van der Waals surface area contributed by atoms with Gasteiger partial charge >= 0.3 is 0 Å². The Labute approximate surface area is 76.0 Å². The average molecular weight is 184 g/mol. The maximum atomic E-state index is 9.66. The fourth-order valence-electron chi connectivity index (χ4n) is 1.66. The molecule has 0 aromatic carbocycles. The predicted octanol–water partition coefficient (Wildman–Crippen LogP) is -1.90. The monoisotopic (exact) mass is 184 g/mol.